The number of aromatic hydroxyl groups is 1. The molecular formula is C22H28N2O4. The Morgan fingerprint density at radius 1 is 1.21 bits per heavy atom. The molecule has 0 aliphatic carbocycles. The van der Waals surface area contributed by atoms with Crippen LogP contribution in [0.5, 0.6) is 17.2 Å². The van der Waals surface area contributed by atoms with Gasteiger partial charge >= 0.3 is 0 Å². The zero-order chi connectivity index (χ0) is 20.5. The number of aryl methyl sites for hydroxylation is 1. The third-order valence-electron chi connectivity index (χ3n) is 4.02. The van der Waals surface area contributed by atoms with Gasteiger partial charge in [-0.05, 0) is 48.6 Å². The van der Waals surface area contributed by atoms with Gasteiger partial charge in [0.15, 0.2) is 6.61 Å². The summed E-state index contributed by atoms with van der Waals surface area (Å²) in [5.41, 5.74) is 5.00. The number of ether oxygens (including phenoxy) is 2. The Kier molecular flexibility index (Phi) is 7.87. The number of hydrazone groups is 1. The molecule has 0 atom stereocenters. The van der Waals surface area contributed by atoms with E-state index in [0.29, 0.717) is 29.6 Å². The molecule has 0 saturated carbocycles. The van der Waals surface area contributed by atoms with E-state index >= 15 is 0 Å². The van der Waals surface area contributed by atoms with E-state index in [1.807, 2.05) is 32.0 Å². The molecule has 6 nitrogen and oxygen atoms in total. The molecule has 0 bridgehead atoms. The van der Waals surface area contributed by atoms with Gasteiger partial charge < -0.3 is 14.6 Å². The molecule has 1 amide bonds. The summed E-state index contributed by atoms with van der Waals surface area (Å²) in [7, 11) is 0. The highest BCUT2D eigenvalue weighted by atomic mass is 16.5. The van der Waals surface area contributed by atoms with Crippen LogP contribution < -0.4 is 14.9 Å². The monoisotopic (exact) mass is 384 g/mol. The lowest BCUT2D eigenvalue weighted by molar-refractivity contribution is -0.123. The summed E-state index contributed by atoms with van der Waals surface area (Å²) in [6, 6.07) is 10.9. The van der Waals surface area contributed by atoms with Crippen molar-refractivity contribution >= 4 is 12.1 Å². The topological polar surface area (TPSA) is 80.2 Å². The molecule has 0 spiro atoms. The summed E-state index contributed by atoms with van der Waals surface area (Å²) >= 11 is 0. The van der Waals surface area contributed by atoms with Gasteiger partial charge in [0.1, 0.15) is 17.2 Å². The predicted molar refractivity (Wildman–Crippen MR) is 110 cm³/mol. The van der Waals surface area contributed by atoms with Crippen molar-refractivity contribution in [3.8, 4) is 17.2 Å². The summed E-state index contributed by atoms with van der Waals surface area (Å²) in [6.45, 7) is 8.58. The standard InChI is InChI=1S/C22H28N2O4/c1-5-10-27-18-8-7-17(20(25)12-18)13-23-24-22(26)14-28-21-11-16(4)6-9-19(21)15(2)3/h6-9,11-13,15,25H,5,10,14H2,1-4H3,(H,24,26). The lowest BCUT2D eigenvalue weighted by Gasteiger charge is -2.14. The maximum absolute atomic E-state index is 12.0. The third-order valence-corrected chi connectivity index (χ3v) is 4.02. The number of hydrogen-bond donors (Lipinski definition) is 2. The van der Waals surface area contributed by atoms with Gasteiger partial charge in [0, 0.05) is 11.6 Å². The molecule has 0 fully saturated rings. The minimum Gasteiger partial charge on any atom is -0.507 e. The number of carbonyl (C=O) groups is 1. The number of benzene rings is 2. The number of hydrogen-bond acceptors (Lipinski definition) is 5. The summed E-state index contributed by atoms with van der Waals surface area (Å²) in [5.74, 6) is 1.24. The van der Waals surface area contributed by atoms with E-state index in [1.165, 1.54) is 12.3 Å². The molecule has 0 heterocycles. The second-order valence-electron chi connectivity index (χ2n) is 6.85. The molecule has 0 unspecified atom stereocenters. The number of nitrogens with zero attached hydrogens (tertiary/aromatic N) is 1. The first-order chi connectivity index (χ1) is 13.4. The Morgan fingerprint density at radius 2 is 2.00 bits per heavy atom. The number of amides is 1. The molecule has 2 aromatic carbocycles. The molecule has 0 saturated heterocycles. The van der Waals surface area contributed by atoms with Crippen molar-refractivity contribution < 1.29 is 19.4 Å². The first-order valence-electron chi connectivity index (χ1n) is 9.41. The normalized spacial score (nSPS) is 11.0. The molecule has 2 rings (SSSR count). The number of phenolic OH excluding ortho intramolecular Hbond substituents is 1. The highest BCUT2D eigenvalue weighted by Gasteiger charge is 2.10. The molecule has 6 heteroatoms. The maximum Gasteiger partial charge on any atom is 0.277 e. The Morgan fingerprint density at radius 3 is 2.68 bits per heavy atom. The first-order valence-corrected chi connectivity index (χ1v) is 9.41. The SMILES string of the molecule is CCCOc1ccc(C=NNC(=O)COc2cc(C)ccc2C(C)C)c(O)c1. The largest absolute Gasteiger partial charge is 0.507 e. The smallest absolute Gasteiger partial charge is 0.277 e. The fourth-order valence-electron chi connectivity index (χ4n) is 2.54. The third kappa shape index (κ3) is 6.30. The lowest BCUT2D eigenvalue weighted by atomic mass is 10.0. The van der Waals surface area contributed by atoms with Gasteiger partial charge in [-0.15, -0.1) is 0 Å². The van der Waals surface area contributed by atoms with Crippen LogP contribution in [0.4, 0.5) is 0 Å². The Hall–Kier alpha value is -3.02. The van der Waals surface area contributed by atoms with Crippen molar-refractivity contribution in [1.29, 1.82) is 0 Å². The van der Waals surface area contributed by atoms with Gasteiger partial charge in [-0.25, -0.2) is 5.43 Å². The van der Waals surface area contributed by atoms with Crippen molar-refractivity contribution in [3.63, 3.8) is 0 Å². The van der Waals surface area contributed by atoms with Crippen LogP contribution in [0, 0.1) is 6.92 Å². The summed E-state index contributed by atoms with van der Waals surface area (Å²) < 4.78 is 11.1. The van der Waals surface area contributed by atoms with Crippen molar-refractivity contribution in [2.75, 3.05) is 13.2 Å². The fraction of sp³-hybridized carbons (Fsp3) is 0.364. The number of phenols is 1. The average molecular weight is 384 g/mol. The average Bonchev–Trinajstić information content (AvgIpc) is 2.66. The second-order valence-corrected chi connectivity index (χ2v) is 6.85. The quantitative estimate of drug-likeness (QED) is 0.503. The molecule has 0 aliphatic rings. The number of rotatable bonds is 9. The van der Waals surface area contributed by atoms with Crippen LogP contribution in [0.25, 0.3) is 0 Å². The molecule has 2 aromatic rings. The van der Waals surface area contributed by atoms with E-state index in [-0.39, 0.29) is 18.3 Å². The van der Waals surface area contributed by atoms with Crippen LogP contribution in [0.1, 0.15) is 49.8 Å². The van der Waals surface area contributed by atoms with Crippen molar-refractivity contribution in [2.45, 2.75) is 40.0 Å². The summed E-state index contributed by atoms with van der Waals surface area (Å²) in [5, 5.41) is 13.9. The van der Waals surface area contributed by atoms with Crippen LogP contribution in [0.3, 0.4) is 0 Å². The van der Waals surface area contributed by atoms with E-state index in [0.717, 1.165) is 17.5 Å². The van der Waals surface area contributed by atoms with Crippen LogP contribution in [-0.4, -0.2) is 30.4 Å². The predicted octanol–water partition coefficient (Wildman–Crippen LogP) is 4.14. The molecule has 0 aromatic heterocycles. The van der Waals surface area contributed by atoms with Gasteiger partial charge in [-0.2, -0.15) is 5.10 Å². The van der Waals surface area contributed by atoms with Gasteiger partial charge in [-0.1, -0.05) is 32.9 Å². The van der Waals surface area contributed by atoms with Crippen molar-refractivity contribution in [2.24, 2.45) is 5.10 Å². The number of nitrogens with one attached hydrogen (secondary N) is 1. The van der Waals surface area contributed by atoms with E-state index in [4.69, 9.17) is 9.47 Å². The Balaban J connectivity index is 1.90. The Labute approximate surface area is 166 Å². The second kappa shape index (κ2) is 10.3. The minimum absolute atomic E-state index is 0.0317. The van der Waals surface area contributed by atoms with E-state index in [1.54, 1.807) is 12.1 Å². The van der Waals surface area contributed by atoms with Crippen molar-refractivity contribution in [1.82, 2.24) is 5.43 Å². The van der Waals surface area contributed by atoms with E-state index in [2.05, 4.69) is 24.4 Å². The van der Waals surface area contributed by atoms with E-state index < -0.39 is 0 Å². The highest BCUT2D eigenvalue weighted by Crippen LogP contribution is 2.27. The Bertz CT molecular complexity index is 831. The minimum atomic E-state index is -0.380. The van der Waals surface area contributed by atoms with Gasteiger partial charge in [0.25, 0.3) is 5.91 Å². The molecule has 150 valence electrons. The zero-order valence-electron chi connectivity index (χ0n) is 16.9. The summed E-state index contributed by atoms with van der Waals surface area (Å²) in [4.78, 5) is 12.0. The van der Waals surface area contributed by atoms with Crippen molar-refractivity contribution in [3.05, 3.63) is 53.1 Å². The van der Waals surface area contributed by atoms with Crippen LogP contribution in [0.15, 0.2) is 41.5 Å². The molecular weight excluding hydrogens is 356 g/mol. The first kappa shape index (κ1) is 21.3. The molecule has 2 N–H and O–H groups in total. The lowest BCUT2D eigenvalue weighted by Crippen LogP contribution is -2.25. The molecule has 28 heavy (non-hydrogen) atoms. The zero-order valence-corrected chi connectivity index (χ0v) is 16.9. The van der Waals surface area contributed by atoms with Crippen LogP contribution >= 0.6 is 0 Å². The van der Waals surface area contributed by atoms with E-state index in [9.17, 15) is 9.90 Å². The molecule has 0 aliphatic heterocycles. The summed E-state index contributed by atoms with van der Waals surface area (Å²) in [6.07, 6.45) is 2.27. The maximum atomic E-state index is 12.0. The van der Waals surface area contributed by atoms with Gasteiger partial charge in [-0.3, -0.25) is 4.79 Å². The highest BCUT2D eigenvalue weighted by molar-refractivity contribution is 5.85. The van der Waals surface area contributed by atoms with Gasteiger partial charge in [0.2, 0.25) is 0 Å². The van der Waals surface area contributed by atoms with Crippen LogP contribution in [0.2, 0.25) is 0 Å². The molecule has 0 radical (unpaired) electrons. The number of carbonyl (C=O) groups excluding carboxylic acids is 1. The van der Waals surface area contributed by atoms with Crippen LogP contribution in [-0.2, 0) is 4.79 Å². The fourth-order valence-corrected chi connectivity index (χ4v) is 2.54. The van der Waals surface area contributed by atoms with Gasteiger partial charge in [0.05, 0.1) is 12.8 Å².